The van der Waals surface area contributed by atoms with Crippen molar-refractivity contribution < 1.29 is 67.3 Å². The van der Waals surface area contributed by atoms with Crippen molar-refractivity contribution >= 4 is 29.8 Å². The van der Waals surface area contributed by atoms with Gasteiger partial charge in [-0.05, 0) is 24.6 Å². The summed E-state index contributed by atoms with van der Waals surface area (Å²) in [7, 11) is 1.42. The van der Waals surface area contributed by atoms with Crippen LogP contribution in [0.4, 0.5) is 0 Å². The van der Waals surface area contributed by atoms with Gasteiger partial charge in [0.2, 0.25) is 0 Å². The normalized spacial score (nSPS) is 41.6. The van der Waals surface area contributed by atoms with E-state index in [0.29, 0.717) is 5.57 Å². The second kappa shape index (κ2) is 11.6. The summed E-state index contributed by atoms with van der Waals surface area (Å²) in [5.41, 5.74) is -5.32. The maximum atomic E-state index is 13.1. The summed E-state index contributed by atoms with van der Waals surface area (Å²) in [4.78, 5) is 63.1. The van der Waals surface area contributed by atoms with Crippen LogP contribution in [-0.4, -0.2) is 108 Å². The van der Waals surface area contributed by atoms with Crippen LogP contribution in [0, 0.1) is 17.3 Å². The first kappa shape index (κ1) is 32.6. The number of methoxy groups -OCH3 is 1. The lowest BCUT2D eigenvalue weighted by Crippen LogP contribution is -2.75. The first-order valence-electron chi connectivity index (χ1n) is 13.9. The molecule has 238 valence electrons. The number of carbonyl (C=O) groups excluding carboxylic acids is 5. The van der Waals surface area contributed by atoms with Crippen molar-refractivity contribution in [1.82, 2.24) is 0 Å². The molecule has 43 heavy (non-hydrogen) atoms. The zero-order valence-corrected chi connectivity index (χ0v) is 25.1. The molecule has 1 spiro atoms. The highest BCUT2D eigenvalue weighted by molar-refractivity contribution is 5.78. The number of esters is 5. The van der Waals surface area contributed by atoms with E-state index in [1.165, 1.54) is 39.2 Å². The minimum atomic E-state index is -2.29. The van der Waals surface area contributed by atoms with Crippen molar-refractivity contribution in [3.8, 4) is 0 Å². The lowest BCUT2D eigenvalue weighted by atomic mass is 9.51. The highest BCUT2D eigenvalue weighted by Crippen LogP contribution is 2.62. The Morgan fingerprint density at radius 3 is 2.00 bits per heavy atom. The molecule has 0 amide bonds. The Morgan fingerprint density at radius 2 is 1.49 bits per heavy atom. The number of aliphatic hydroxyl groups is 2. The van der Waals surface area contributed by atoms with E-state index >= 15 is 0 Å². The van der Waals surface area contributed by atoms with E-state index in [9.17, 15) is 34.2 Å². The number of fused-ring (bicyclic) bond motifs is 3. The van der Waals surface area contributed by atoms with Crippen molar-refractivity contribution in [3.63, 3.8) is 0 Å². The number of epoxide rings is 1. The zero-order chi connectivity index (χ0) is 32.1. The molecule has 3 fully saturated rings. The minimum absolute atomic E-state index is 0.0300. The molecule has 2 saturated heterocycles. The van der Waals surface area contributed by atoms with Gasteiger partial charge in [0.25, 0.3) is 0 Å². The van der Waals surface area contributed by atoms with E-state index in [1.807, 2.05) is 0 Å². The SMILES string of the molecule is COCC1=CC2OC(=O)C(C)C2(O)C(OC(C)=O)C2C3(CO3)C(OC(C)=O)C(O)C(OC(C)=O)C2(C)C(OC(C)=O)C=C1. The zero-order valence-electron chi connectivity index (χ0n) is 25.1. The lowest BCUT2D eigenvalue weighted by molar-refractivity contribution is -0.276. The van der Waals surface area contributed by atoms with Gasteiger partial charge >= 0.3 is 29.8 Å². The number of hydrogen-bond donors (Lipinski definition) is 2. The molecule has 11 unspecified atom stereocenters. The van der Waals surface area contributed by atoms with Gasteiger partial charge in [-0.25, -0.2) is 0 Å². The van der Waals surface area contributed by atoms with Crippen molar-refractivity contribution in [3.05, 3.63) is 23.8 Å². The first-order chi connectivity index (χ1) is 20.0. The molecule has 14 heteroatoms. The van der Waals surface area contributed by atoms with Crippen LogP contribution in [-0.2, 0) is 57.1 Å². The van der Waals surface area contributed by atoms with E-state index in [4.69, 9.17) is 33.2 Å². The highest BCUT2D eigenvalue weighted by atomic mass is 16.7. The van der Waals surface area contributed by atoms with Crippen LogP contribution in [0.2, 0.25) is 0 Å². The van der Waals surface area contributed by atoms with Crippen LogP contribution in [0.3, 0.4) is 0 Å². The molecule has 0 radical (unpaired) electrons. The van der Waals surface area contributed by atoms with Gasteiger partial charge in [-0.2, -0.15) is 0 Å². The molecule has 2 N–H and O–H groups in total. The Morgan fingerprint density at radius 1 is 0.953 bits per heavy atom. The van der Waals surface area contributed by atoms with Crippen LogP contribution in [0.25, 0.3) is 0 Å². The Bertz CT molecular complexity index is 1240. The maximum Gasteiger partial charge on any atom is 0.312 e. The summed E-state index contributed by atoms with van der Waals surface area (Å²) in [5, 5.41) is 24.3. The van der Waals surface area contributed by atoms with Crippen LogP contribution in [0.15, 0.2) is 23.8 Å². The van der Waals surface area contributed by atoms with Crippen LogP contribution < -0.4 is 0 Å². The Kier molecular flexibility index (Phi) is 8.82. The molecule has 2 heterocycles. The van der Waals surface area contributed by atoms with Crippen molar-refractivity contribution in [2.45, 2.75) is 89.4 Å². The summed E-state index contributed by atoms with van der Waals surface area (Å²) in [6, 6.07) is 0. The third-order valence-corrected chi connectivity index (χ3v) is 8.84. The summed E-state index contributed by atoms with van der Waals surface area (Å²) in [5.74, 6) is -6.69. The summed E-state index contributed by atoms with van der Waals surface area (Å²) in [6.07, 6.45) is -4.79. The molecule has 4 aliphatic rings. The second-order valence-electron chi connectivity index (χ2n) is 11.7. The van der Waals surface area contributed by atoms with Crippen molar-refractivity contribution in [2.24, 2.45) is 17.3 Å². The number of carbonyl (C=O) groups is 5. The average molecular weight is 611 g/mol. The summed E-state index contributed by atoms with van der Waals surface area (Å²) < 4.78 is 39.7. The Labute approximate surface area is 248 Å². The van der Waals surface area contributed by atoms with Gasteiger partial charge in [-0.1, -0.05) is 13.0 Å². The molecule has 0 bridgehead atoms. The molecule has 0 aromatic heterocycles. The van der Waals surface area contributed by atoms with Gasteiger partial charge < -0.3 is 43.4 Å². The van der Waals surface area contributed by atoms with Gasteiger partial charge in [-0.3, -0.25) is 24.0 Å². The molecule has 14 nitrogen and oxygen atoms in total. The van der Waals surface area contributed by atoms with Crippen LogP contribution >= 0.6 is 0 Å². The summed E-state index contributed by atoms with van der Waals surface area (Å²) >= 11 is 0. The minimum Gasteiger partial charge on any atom is -0.459 e. The Hall–Kier alpha value is -3.33. The van der Waals surface area contributed by atoms with E-state index < -0.39 is 94.9 Å². The van der Waals surface area contributed by atoms with Crippen LogP contribution in [0.5, 0.6) is 0 Å². The summed E-state index contributed by atoms with van der Waals surface area (Å²) in [6.45, 7) is 7.16. The van der Waals surface area contributed by atoms with Crippen molar-refractivity contribution in [2.75, 3.05) is 20.3 Å². The number of hydrogen-bond acceptors (Lipinski definition) is 14. The largest absolute Gasteiger partial charge is 0.459 e. The molecular weight excluding hydrogens is 572 g/mol. The van der Waals surface area contributed by atoms with Gasteiger partial charge in [0.1, 0.15) is 30.0 Å². The Balaban J connectivity index is 2.12. The van der Waals surface area contributed by atoms with Gasteiger partial charge in [0.15, 0.2) is 17.8 Å². The standard InChI is InChI=1S/C29H38O14/c1-13-26(35)43-20-10-18(11-37-7)8-9-19(39-14(2)30)27(6)22(25(29(13,20)36)42-17(5)33)28(12-38-28)24(41-16(4)32)21(34)23(27)40-15(3)31/h8-10,13,19-25,34,36H,11-12H2,1-7H3. The molecule has 0 aromatic carbocycles. The molecule has 2 aliphatic carbocycles. The predicted molar refractivity (Wildman–Crippen MR) is 142 cm³/mol. The molecule has 11 atom stereocenters. The van der Waals surface area contributed by atoms with E-state index in [0.717, 1.165) is 27.7 Å². The van der Waals surface area contributed by atoms with Gasteiger partial charge in [0, 0.05) is 40.7 Å². The molecule has 0 aromatic rings. The van der Waals surface area contributed by atoms with Crippen molar-refractivity contribution in [1.29, 1.82) is 0 Å². The fourth-order valence-corrected chi connectivity index (χ4v) is 6.99. The third-order valence-electron chi connectivity index (χ3n) is 8.84. The van der Waals surface area contributed by atoms with Gasteiger partial charge in [-0.15, -0.1) is 0 Å². The van der Waals surface area contributed by atoms with E-state index in [2.05, 4.69) is 0 Å². The maximum absolute atomic E-state index is 13.1. The molecule has 4 rings (SSSR count). The third kappa shape index (κ3) is 5.45. The quantitative estimate of drug-likeness (QED) is 0.230. The van der Waals surface area contributed by atoms with Crippen LogP contribution in [0.1, 0.15) is 41.5 Å². The molecule has 2 aliphatic heterocycles. The topological polar surface area (TPSA) is 194 Å². The number of aliphatic hydroxyl groups excluding tert-OH is 1. The fourth-order valence-electron chi connectivity index (χ4n) is 6.99. The highest BCUT2D eigenvalue weighted by Gasteiger charge is 2.80. The van der Waals surface area contributed by atoms with Gasteiger partial charge in [0.05, 0.1) is 24.5 Å². The van der Waals surface area contributed by atoms with E-state index in [1.54, 1.807) is 0 Å². The number of rotatable bonds is 6. The monoisotopic (exact) mass is 610 g/mol. The average Bonchev–Trinajstić information content (AvgIpc) is 3.65. The smallest absolute Gasteiger partial charge is 0.312 e. The van der Waals surface area contributed by atoms with E-state index in [-0.39, 0.29) is 13.2 Å². The first-order valence-corrected chi connectivity index (χ1v) is 13.9. The second-order valence-corrected chi connectivity index (χ2v) is 11.7. The predicted octanol–water partition coefficient (Wildman–Crippen LogP) is -0.0856. The molecular formula is C29H38O14. The lowest BCUT2D eigenvalue weighted by Gasteiger charge is -2.58. The molecule has 1 saturated carbocycles. The number of ether oxygens (including phenoxy) is 7. The fraction of sp³-hybridized carbons (Fsp3) is 0.690.